The van der Waals surface area contributed by atoms with Crippen LogP contribution in [0.15, 0.2) is 53.4 Å². The molecule has 2 aromatic carbocycles. The number of hydrogen-bond donors (Lipinski definition) is 1. The van der Waals surface area contributed by atoms with Gasteiger partial charge in [0.05, 0.1) is 17.2 Å². The van der Waals surface area contributed by atoms with Gasteiger partial charge in [-0.15, -0.1) is 0 Å². The summed E-state index contributed by atoms with van der Waals surface area (Å²) in [6.45, 7) is 2.39. The Balaban J connectivity index is 1.77. The minimum Gasteiger partial charge on any atom is -0.355 e. The minimum atomic E-state index is -1.13. The molecule has 0 heterocycles. The van der Waals surface area contributed by atoms with E-state index < -0.39 is 10.8 Å². The second kappa shape index (κ2) is 8.11. The van der Waals surface area contributed by atoms with Gasteiger partial charge in [-0.3, -0.25) is 9.00 Å². The highest BCUT2D eigenvalue weighted by Crippen LogP contribution is 2.12. The molecular formula is C17H18ClNO2S. The van der Waals surface area contributed by atoms with Crippen LogP contribution in [0.25, 0.3) is 0 Å². The van der Waals surface area contributed by atoms with Crippen molar-refractivity contribution in [1.82, 2.24) is 5.32 Å². The van der Waals surface area contributed by atoms with E-state index in [9.17, 15) is 9.00 Å². The number of halogens is 1. The standard InChI is InChI=1S/C17H18ClNO2S/c1-13-3-2-4-14(11-13)12-17(20)19-9-10-22(21)16-7-5-15(18)6-8-16/h2-8,11H,9-10,12H2,1H3,(H,19,20). The van der Waals surface area contributed by atoms with E-state index in [2.05, 4.69) is 5.32 Å². The second-order valence-electron chi connectivity index (χ2n) is 5.02. The number of rotatable bonds is 6. The van der Waals surface area contributed by atoms with Crippen LogP contribution >= 0.6 is 11.6 Å². The first-order chi connectivity index (χ1) is 10.5. The first kappa shape index (κ1) is 16.7. The van der Waals surface area contributed by atoms with Gasteiger partial charge in [0, 0.05) is 22.2 Å². The molecule has 0 fully saturated rings. The molecule has 0 aliphatic carbocycles. The Morgan fingerprint density at radius 1 is 1.18 bits per heavy atom. The minimum absolute atomic E-state index is 0.0568. The van der Waals surface area contributed by atoms with E-state index in [1.807, 2.05) is 31.2 Å². The number of benzene rings is 2. The van der Waals surface area contributed by atoms with Crippen molar-refractivity contribution in [2.45, 2.75) is 18.2 Å². The molecule has 0 aliphatic rings. The summed E-state index contributed by atoms with van der Waals surface area (Å²) in [5.74, 6) is 0.333. The third-order valence-corrected chi connectivity index (χ3v) is 4.76. The van der Waals surface area contributed by atoms with Gasteiger partial charge in [-0.1, -0.05) is 41.4 Å². The highest BCUT2D eigenvalue weighted by molar-refractivity contribution is 7.85. The molecule has 2 rings (SSSR count). The summed E-state index contributed by atoms with van der Waals surface area (Å²) >= 11 is 5.79. The number of amides is 1. The number of carbonyl (C=O) groups is 1. The molecule has 0 radical (unpaired) electrons. The maximum absolute atomic E-state index is 12.1. The molecule has 1 unspecified atom stereocenters. The smallest absolute Gasteiger partial charge is 0.224 e. The summed E-state index contributed by atoms with van der Waals surface area (Å²) in [5.41, 5.74) is 2.12. The third kappa shape index (κ3) is 5.28. The van der Waals surface area contributed by atoms with E-state index >= 15 is 0 Å². The predicted molar refractivity (Wildman–Crippen MR) is 90.6 cm³/mol. The third-order valence-electron chi connectivity index (χ3n) is 3.13. The van der Waals surface area contributed by atoms with Gasteiger partial charge >= 0.3 is 0 Å². The lowest BCUT2D eigenvalue weighted by molar-refractivity contribution is -0.120. The highest BCUT2D eigenvalue weighted by Gasteiger charge is 2.06. The first-order valence-corrected chi connectivity index (χ1v) is 8.70. The molecule has 0 aliphatic heterocycles. The SMILES string of the molecule is Cc1cccc(CC(=O)NCCS(=O)c2ccc(Cl)cc2)c1. The monoisotopic (exact) mass is 335 g/mol. The maximum Gasteiger partial charge on any atom is 0.224 e. The van der Waals surface area contributed by atoms with Crippen LogP contribution in [0.5, 0.6) is 0 Å². The predicted octanol–water partition coefficient (Wildman–Crippen LogP) is 3.11. The van der Waals surface area contributed by atoms with Crippen molar-refractivity contribution in [2.75, 3.05) is 12.3 Å². The molecule has 116 valence electrons. The van der Waals surface area contributed by atoms with Crippen LogP contribution in [0.2, 0.25) is 5.02 Å². The quantitative estimate of drug-likeness (QED) is 0.881. The average Bonchev–Trinajstić information content (AvgIpc) is 2.47. The fourth-order valence-corrected chi connectivity index (χ4v) is 3.15. The van der Waals surface area contributed by atoms with Crippen molar-refractivity contribution in [3.63, 3.8) is 0 Å². The molecule has 0 saturated carbocycles. The molecule has 0 aromatic heterocycles. The topological polar surface area (TPSA) is 46.2 Å². The van der Waals surface area contributed by atoms with Crippen LogP contribution in [0.3, 0.4) is 0 Å². The van der Waals surface area contributed by atoms with Crippen LogP contribution in [0.1, 0.15) is 11.1 Å². The van der Waals surface area contributed by atoms with Crippen LogP contribution in [-0.4, -0.2) is 22.4 Å². The van der Waals surface area contributed by atoms with Crippen LogP contribution in [0, 0.1) is 6.92 Å². The van der Waals surface area contributed by atoms with Gasteiger partial charge in [-0.25, -0.2) is 0 Å². The fourth-order valence-electron chi connectivity index (χ4n) is 2.06. The molecule has 0 bridgehead atoms. The normalized spacial score (nSPS) is 11.9. The molecule has 1 atom stereocenters. The fraction of sp³-hybridized carbons (Fsp3) is 0.235. The van der Waals surface area contributed by atoms with E-state index in [4.69, 9.17) is 11.6 Å². The lowest BCUT2D eigenvalue weighted by atomic mass is 10.1. The Labute approximate surface area is 138 Å². The van der Waals surface area contributed by atoms with E-state index in [1.165, 1.54) is 0 Å². The Hall–Kier alpha value is -1.65. The van der Waals surface area contributed by atoms with Crippen LogP contribution in [-0.2, 0) is 22.0 Å². The number of carbonyl (C=O) groups excluding carboxylic acids is 1. The summed E-state index contributed by atoms with van der Waals surface area (Å²) < 4.78 is 12.1. The first-order valence-electron chi connectivity index (χ1n) is 7.01. The molecule has 3 nitrogen and oxygen atoms in total. The van der Waals surface area contributed by atoms with E-state index in [1.54, 1.807) is 24.3 Å². The second-order valence-corrected chi connectivity index (χ2v) is 7.03. The van der Waals surface area contributed by atoms with Crippen molar-refractivity contribution in [3.8, 4) is 0 Å². The van der Waals surface area contributed by atoms with Crippen molar-refractivity contribution < 1.29 is 9.00 Å². The van der Waals surface area contributed by atoms with E-state index in [0.717, 1.165) is 16.0 Å². The van der Waals surface area contributed by atoms with Gasteiger partial charge in [-0.05, 0) is 36.8 Å². The molecule has 2 aromatic rings. The van der Waals surface area contributed by atoms with Gasteiger partial charge in [0.25, 0.3) is 0 Å². The van der Waals surface area contributed by atoms with Crippen LogP contribution in [0.4, 0.5) is 0 Å². The van der Waals surface area contributed by atoms with Gasteiger partial charge in [0.2, 0.25) is 5.91 Å². The lowest BCUT2D eigenvalue weighted by Crippen LogP contribution is -2.29. The zero-order valence-corrected chi connectivity index (χ0v) is 13.9. The average molecular weight is 336 g/mol. The van der Waals surface area contributed by atoms with Gasteiger partial charge in [-0.2, -0.15) is 0 Å². The zero-order valence-electron chi connectivity index (χ0n) is 12.3. The lowest BCUT2D eigenvalue weighted by Gasteiger charge is -2.06. The van der Waals surface area contributed by atoms with Crippen molar-refractivity contribution in [3.05, 3.63) is 64.7 Å². The molecule has 5 heteroatoms. The summed E-state index contributed by atoms with van der Waals surface area (Å²) in [7, 11) is -1.13. The molecule has 0 saturated heterocycles. The Kier molecular flexibility index (Phi) is 6.16. The number of aryl methyl sites for hydroxylation is 1. The molecule has 0 spiro atoms. The molecule has 1 N–H and O–H groups in total. The highest BCUT2D eigenvalue weighted by atomic mass is 35.5. The van der Waals surface area contributed by atoms with Gasteiger partial charge < -0.3 is 5.32 Å². The summed E-state index contributed by atoms with van der Waals surface area (Å²) in [6, 6.07) is 14.8. The summed E-state index contributed by atoms with van der Waals surface area (Å²) in [6.07, 6.45) is 0.343. The number of nitrogens with one attached hydrogen (secondary N) is 1. The maximum atomic E-state index is 12.1. The Morgan fingerprint density at radius 3 is 2.59 bits per heavy atom. The Morgan fingerprint density at radius 2 is 1.91 bits per heavy atom. The van der Waals surface area contributed by atoms with E-state index in [-0.39, 0.29) is 5.91 Å². The van der Waals surface area contributed by atoms with Gasteiger partial charge in [0.1, 0.15) is 0 Å². The molecule has 1 amide bonds. The summed E-state index contributed by atoms with van der Waals surface area (Å²) in [4.78, 5) is 12.6. The zero-order chi connectivity index (χ0) is 15.9. The van der Waals surface area contributed by atoms with Gasteiger partial charge in [0.15, 0.2) is 0 Å². The molecule has 22 heavy (non-hydrogen) atoms. The molecular weight excluding hydrogens is 318 g/mol. The van der Waals surface area contributed by atoms with E-state index in [0.29, 0.717) is 23.7 Å². The number of hydrogen-bond acceptors (Lipinski definition) is 2. The van der Waals surface area contributed by atoms with Crippen LogP contribution < -0.4 is 5.32 Å². The summed E-state index contributed by atoms with van der Waals surface area (Å²) in [5, 5.41) is 3.42. The van der Waals surface area contributed by atoms with Crippen molar-refractivity contribution >= 4 is 28.3 Å². The van der Waals surface area contributed by atoms with Crippen molar-refractivity contribution in [2.24, 2.45) is 0 Å². The van der Waals surface area contributed by atoms with Crippen molar-refractivity contribution in [1.29, 1.82) is 0 Å². The largest absolute Gasteiger partial charge is 0.355 e. The Bertz CT molecular complexity index is 671.